The molecule has 4 heterocycles. The van der Waals surface area contributed by atoms with E-state index in [1.165, 1.54) is 5.56 Å². The zero-order valence-electron chi connectivity index (χ0n) is 16.9. The average Bonchev–Trinajstić information content (AvgIpc) is 3.41. The van der Waals surface area contributed by atoms with Crippen LogP contribution in [0.3, 0.4) is 0 Å². The molecule has 2 atom stereocenters. The second kappa shape index (κ2) is 7.56. The molecule has 158 valence electrons. The van der Waals surface area contributed by atoms with Crippen molar-refractivity contribution < 1.29 is 14.3 Å². The molecule has 1 amide bonds. The predicted octanol–water partition coefficient (Wildman–Crippen LogP) is 1.87. The number of carbonyl (C=O) groups excluding carboxylic acids is 1. The Bertz CT molecular complexity index is 1020. The number of nitrogens with zero attached hydrogens (tertiary/aromatic N) is 2. The number of nitrogens with one attached hydrogen (secondary N) is 1. The molecule has 7 nitrogen and oxygen atoms in total. The van der Waals surface area contributed by atoms with Gasteiger partial charge in [0.25, 0.3) is 11.5 Å². The molecule has 0 saturated carbocycles. The monoisotopic (exact) mass is 409 g/mol. The zero-order chi connectivity index (χ0) is 20.7. The van der Waals surface area contributed by atoms with Crippen LogP contribution in [0.4, 0.5) is 0 Å². The summed E-state index contributed by atoms with van der Waals surface area (Å²) in [6.45, 7) is 3.18. The van der Waals surface area contributed by atoms with Crippen molar-refractivity contribution in [3.63, 3.8) is 0 Å². The van der Waals surface area contributed by atoms with Crippen LogP contribution in [0.25, 0.3) is 0 Å². The lowest BCUT2D eigenvalue weighted by Gasteiger charge is -2.42. The molecule has 1 aliphatic carbocycles. The molecule has 0 radical (unpaired) electrons. The highest BCUT2D eigenvalue weighted by Crippen LogP contribution is 2.35. The van der Waals surface area contributed by atoms with E-state index in [0.29, 0.717) is 25.3 Å². The van der Waals surface area contributed by atoms with Gasteiger partial charge >= 0.3 is 0 Å². The number of piperidine rings is 1. The van der Waals surface area contributed by atoms with E-state index in [1.54, 1.807) is 23.2 Å². The zero-order valence-corrected chi connectivity index (χ0v) is 16.9. The van der Waals surface area contributed by atoms with E-state index in [9.17, 15) is 14.7 Å². The number of pyridine rings is 1. The summed E-state index contributed by atoms with van der Waals surface area (Å²) >= 11 is 0. The number of amides is 1. The van der Waals surface area contributed by atoms with Crippen molar-refractivity contribution in [2.24, 2.45) is 5.92 Å². The predicted molar refractivity (Wildman–Crippen MR) is 111 cm³/mol. The van der Waals surface area contributed by atoms with Gasteiger partial charge in [0, 0.05) is 43.4 Å². The van der Waals surface area contributed by atoms with Crippen LogP contribution >= 0.6 is 0 Å². The van der Waals surface area contributed by atoms with Gasteiger partial charge in [-0.2, -0.15) is 0 Å². The molecule has 2 N–H and O–H groups in total. The quantitative estimate of drug-likeness (QED) is 0.736. The fourth-order valence-corrected chi connectivity index (χ4v) is 5.27. The summed E-state index contributed by atoms with van der Waals surface area (Å²) in [5.74, 6) is 0.282. The van der Waals surface area contributed by atoms with E-state index in [2.05, 4.69) is 10.2 Å². The molecule has 5 rings (SSSR count). The summed E-state index contributed by atoms with van der Waals surface area (Å²) in [6, 6.07) is 5.59. The third-order valence-electron chi connectivity index (χ3n) is 6.78. The van der Waals surface area contributed by atoms with Crippen LogP contribution in [-0.2, 0) is 13.1 Å². The Hall–Kier alpha value is -2.64. The first-order chi connectivity index (χ1) is 14.6. The van der Waals surface area contributed by atoms with Crippen molar-refractivity contribution in [1.29, 1.82) is 0 Å². The number of furan rings is 1. The van der Waals surface area contributed by atoms with Crippen LogP contribution < -0.4 is 10.9 Å². The van der Waals surface area contributed by atoms with Crippen LogP contribution in [0.15, 0.2) is 52.1 Å². The highest BCUT2D eigenvalue weighted by molar-refractivity contribution is 5.94. The van der Waals surface area contributed by atoms with Crippen molar-refractivity contribution in [3.8, 4) is 0 Å². The molecule has 0 spiro atoms. The Morgan fingerprint density at radius 2 is 2.03 bits per heavy atom. The Labute approximate surface area is 175 Å². The number of hydrogen-bond donors (Lipinski definition) is 2. The molecule has 2 aromatic heterocycles. The van der Waals surface area contributed by atoms with Crippen LogP contribution in [0.1, 0.15) is 46.8 Å². The van der Waals surface area contributed by atoms with Crippen molar-refractivity contribution in [3.05, 3.63) is 70.1 Å². The summed E-state index contributed by atoms with van der Waals surface area (Å²) in [4.78, 5) is 28.5. The number of aliphatic hydroxyl groups is 1. The maximum absolute atomic E-state index is 13.2. The minimum atomic E-state index is -0.686. The number of fused-ring (bicyclic) bond motifs is 4. The normalized spacial score (nSPS) is 24.6. The summed E-state index contributed by atoms with van der Waals surface area (Å²) < 4.78 is 7.00. The maximum atomic E-state index is 13.2. The first-order valence-electron chi connectivity index (χ1n) is 10.6. The fraction of sp³-hybridized carbons (Fsp3) is 0.478. The molecular weight excluding hydrogens is 382 g/mol. The summed E-state index contributed by atoms with van der Waals surface area (Å²) in [5, 5.41) is 12.7. The van der Waals surface area contributed by atoms with Crippen LogP contribution in [0, 0.1) is 5.92 Å². The van der Waals surface area contributed by atoms with E-state index in [1.807, 2.05) is 24.3 Å². The number of aromatic nitrogens is 1. The molecule has 0 aromatic carbocycles. The molecule has 0 unspecified atom stereocenters. The van der Waals surface area contributed by atoms with Crippen molar-refractivity contribution in [2.45, 2.75) is 43.8 Å². The molecule has 7 heteroatoms. The summed E-state index contributed by atoms with van der Waals surface area (Å²) in [6.07, 6.45) is 9.62. The van der Waals surface area contributed by atoms with Crippen LogP contribution in [0.2, 0.25) is 0 Å². The Kier molecular flexibility index (Phi) is 4.87. The summed E-state index contributed by atoms with van der Waals surface area (Å²) in [5.41, 5.74) is 1.44. The van der Waals surface area contributed by atoms with Crippen LogP contribution in [0.5, 0.6) is 0 Å². The standard InChI is InChI=1S/C23H27N3O4/c27-15-23(6-1-2-7-23)24-21(28)19-3-4-20-18-9-17(12-26(20)22(19)29)11-25(13-18)10-16-5-8-30-14-16/h1-5,8,14,17-18,27H,6-7,9-13,15H2,(H,24,28)/t17-,18+/m0/s1. The van der Waals surface area contributed by atoms with Gasteiger partial charge in [0.2, 0.25) is 0 Å². The van der Waals surface area contributed by atoms with Gasteiger partial charge in [-0.3, -0.25) is 14.5 Å². The molecule has 2 aliphatic heterocycles. The number of aliphatic hydroxyl groups excluding tert-OH is 1. The fourth-order valence-electron chi connectivity index (χ4n) is 5.27. The van der Waals surface area contributed by atoms with E-state index in [4.69, 9.17) is 4.42 Å². The van der Waals surface area contributed by atoms with Gasteiger partial charge in [-0.1, -0.05) is 12.2 Å². The largest absolute Gasteiger partial charge is 0.472 e. The highest BCUT2D eigenvalue weighted by Gasteiger charge is 2.37. The average molecular weight is 409 g/mol. The lowest BCUT2D eigenvalue weighted by Crippen LogP contribution is -2.52. The number of carbonyl (C=O) groups is 1. The summed E-state index contributed by atoms with van der Waals surface area (Å²) in [7, 11) is 0. The highest BCUT2D eigenvalue weighted by atomic mass is 16.3. The SMILES string of the molecule is O=C(NC1(CO)CC=CC1)c1ccc2n(c1=O)C[C@H]1C[C@@H]2CN(Cc2ccoc2)C1. The second-order valence-electron chi connectivity index (χ2n) is 8.98. The molecule has 2 aromatic rings. The first-order valence-corrected chi connectivity index (χ1v) is 10.6. The molecular formula is C23H27N3O4. The van der Waals surface area contributed by atoms with E-state index in [0.717, 1.165) is 31.7 Å². The Morgan fingerprint density at radius 3 is 2.77 bits per heavy atom. The van der Waals surface area contributed by atoms with Gasteiger partial charge in [-0.25, -0.2) is 0 Å². The van der Waals surface area contributed by atoms with Gasteiger partial charge in [-0.15, -0.1) is 0 Å². The number of hydrogen-bond acceptors (Lipinski definition) is 5. The molecule has 2 bridgehead atoms. The van der Waals surface area contributed by atoms with Gasteiger partial charge in [0.1, 0.15) is 5.56 Å². The second-order valence-corrected chi connectivity index (χ2v) is 8.98. The van der Waals surface area contributed by atoms with E-state index < -0.39 is 11.4 Å². The molecule has 1 saturated heterocycles. The third-order valence-corrected chi connectivity index (χ3v) is 6.78. The van der Waals surface area contributed by atoms with Crippen LogP contribution in [-0.4, -0.2) is 45.7 Å². The van der Waals surface area contributed by atoms with Gasteiger partial charge in [0.05, 0.1) is 24.7 Å². The van der Waals surface area contributed by atoms with Gasteiger partial charge < -0.3 is 19.4 Å². The maximum Gasteiger partial charge on any atom is 0.263 e. The van der Waals surface area contributed by atoms with Crippen molar-refractivity contribution in [1.82, 2.24) is 14.8 Å². The van der Waals surface area contributed by atoms with Gasteiger partial charge in [-0.05, 0) is 43.4 Å². The Balaban J connectivity index is 1.37. The minimum absolute atomic E-state index is 0.144. The molecule has 1 fully saturated rings. The van der Waals surface area contributed by atoms with E-state index >= 15 is 0 Å². The van der Waals surface area contributed by atoms with Gasteiger partial charge in [0.15, 0.2) is 0 Å². The smallest absolute Gasteiger partial charge is 0.263 e. The number of likely N-dealkylation sites (tertiary alicyclic amines) is 1. The minimum Gasteiger partial charge on any atom is -0.472 e. The lowest BCUT2D eigenvalue weighted by atomic mass is 9.83. The van der Waals surface area contributed by atoms with E-state index in [-0.39, 0.29) is 23.6 Å². The topological polar surface area (TPSA) is 87.7 Å². The molecule has 3 aliphatic rings. The van der Waals surface area contributed by atoms with Crippen molar-refractivity contribution >= 4 is 5.91 Å². The molecule has 30 heavy (non-hydrogen) atoms. The Morgan fingerprint density at radius 1 is 1.20 bits per heavy atom. The lowest BCUT2D eigenvalue weighted by molar-refractivity contribution is 0.0840. The first kappa shape index (κ1) is 19.3. The van der Waals surface area contributed by atoms with Crippen molar-refractivity contribution in [2.75, 3.05) is 19.7 Å². The third kappa shape index (κ3) is 3.42. The number of rotatable bonds is 5.